The molecule has 0 aliphatic carbocycles. The molecule has 11 heavy (non-hydrogen) atoms. The largest absolute Gasteiger partial charge is 0.448 e. The maximum Gasteiger partial charge on any atom is 0.283 e. The fraction of sp³-hybridized carbons (Fsp3) is 0.571. The van der Waals surface area contributed by atoms with E-state index in [2.05, 4.69) is 4.98 Å². The Bertz CT molecular complexity index is 210. The van der Waals surface area contributed by atoms with Crippen LogP contribution in [0.3, 0.4) is 0 Å². The van der Waals surface area contributed by atoms with Gasteiger partial charge in [-0.3, -0.25) is 0 Å². The van der Waals surface area contributed by atoms with Crippen molar-refractivity contribution < 1.29 is 13.2 Å². The zero-order valence-corrected chi connectivity index (χ0v) is 6.34. The van der Waals surface area contributed by atoms with Crippen LogP contribution in [0.15, 0.2) is 10.8 Å². The number of alkyl halides is 2. The molecule has 4 heteroatoms. The molecule has 1 aromatic rings. The number of oxazole rings is 1. The summed E-state index contributed by atoms with van der Waals surface area (Å²) in [7, 11) is 0. The Morgan fingerprint density at radius 1 is 1.45 bits per heavy atom. The second kappa shape index (κ2) is 2.98. The fourth-order valence-corrected chi connectivity index (χ4v) is 0.860. The fourth-order valence-electron chi connectivity index (χ4n) is 0.860. The maximum absolute atomic E-state index is 12.1. The zero-order valence-electron chi connectivity index (χ0n) is 6.34. The van der Waals surface area contributed by atoms with Gasteiger partial charge in [-0.25, -0.2) is 13.8 Å². The molecule has 0 spiro atoms. The Hall–Kier alpha value is -0.930. The number of aromatic nitrogens is 1. The Kier molecular flexibility index (Phi) is 2.22. The van der Waals surface area contributed by atoms with Gasteiger partial charge in [-0.05, 0) is 0 Å². The van der Waals surface area contributed by atoms with Crippen molar-refractivity contribution in [3.05, 3.63) is 17.8 Å². The van der Waals surface area contributed by atoms with Crippen molar-refractivity contribution >= 4 is 0 Å². The van der Waals surface area contributed by atoms with E-state index in [9.17, 15) is 8.78 Å². The zero-order chi connectivity index (χ0) is 8.43. The highest BCUT2D eigenvalue weighted by Gasteiger charge is 2.19. The first kappa shape index (κ1) is 8.17. The van der Waals surface area contributed by atoms with E-state index in [0.29, 0.717) is 0 Å². The van der Waals surface area contributed by atoms with Crippen molar-refractivity contribution in [2.24, 2.45) is 0 Å². The van der Waals surface area contributed by atoms with E-state index in [4.69, 9.17) is 4.42 Å². The standard InChI is InChI=1S/C7H9F2NO/c1-4(2)6-5(7(8)9)10-3-11-6/h3-4,7H,1-2H3. The van der Waals surface area contributed by atoms with Crippen molar-refractivity contribution in [3.63, 3.8) is 0 Å². The Balaban J connectivity index is 2.96. The molecule has 0 aliphatic heterocycles. The van der Waals surface area contributed by atoms with Gasteiger partial charge in [0.2, 0.25) is 0 Å². The van der Waals surface area contributed by atoms with Crippen LogP contribution in [0.5, 0.6) is 0 Å². The predicted molar refractivity (Wildman–Crippen MR) is 35.5 cm³/mol. The van der Waals surface area contributed by atoms with Gasteiger partial charge in [0.05, 0.1) is 0 Å². The lowest BCUT2D eigenvalue weighted by Gasteiger charge is -2.01. The second-order valence-corrected chi connectivity index (χ2v) is 2.56. The highest BCUT2D eigenvalue weighted by molar-refractivity contribution is 5.11. The summed E-state index contributed by atoms with van der Waals surface area (Å²) in [6.45, 7) is 3.57. The van der Waals surface area contributed by atoms with Gasteiger partial charge in [-0.15, -0.1) is 0 Å². The molecule has 1 aromatic heterocycles. The highest BCUT2D eigenvalue weighted by Crippen LogP contribution is 2.26. The quantitative estimate of drug-likeness (QED) is 0.666. The summed E-state index contributed by atoms with van der Waals surface area (Å²) in [6, 6.07) is 0. The number of halogens is 2. The molecule has 0 radical (unpaired) electrons. The van der Waals surface area contributed by atoms with Crippen molar-refractivity contribution in [2.45, 2.75) is 26.2 Å². The summed E-state index contributed by atoms with van der Waals surface area (Å²) in [6.07, 6.45) is -1.48. The van der Waals surface area contributed by atoms with Crippen molar-refractivity contribution in [1.82, 2.24) is 4.98 Å². The first-order chi connectivity index (χ1) is 5.13. The molecule has 0 fully saturated rings. The lowest BCUT2D eigenvalue weighted by Crippen LogP contribution is -1.93. The average molecular weight is 161 g/mol. The highest BCUT2D eigenvalue weighted by atomic mass is 19.3. The van der Waals surface area contributed by atoms with Crippen molar-refractivity contribution in [3.8, 4) is 0 Å². The summed E-state index contributed by atoms with van der Waals surface area (Å²) in [5.41, 5.74) is -0.236. The van der Waals surface area contributed by atoms with Crippen LogP contribution >= 0.6 is 0 Å². The van der Waals surface area contributed by atoms with E-state index < -0.39 is 6.43 Å². The van der Waals surface area contributed by atoms with Gasteiger partial charge in [0, 0.05) is 5.92 Å². The minimum Gasteiger partial charge on any atom is -0.448 e. The maximum atomic E-state index is 12.1. The van der Waals surface area contributed by atoms with Crippen LogP contribution in [0.25, 0.3) is 0 Å². The molecule has 0 aromatic carbocycles. The molecular formula is C7H9F2NO. The molecule has 0 bridgehead atoms. The molecule has 0 atom stereocenters. The van der Waals surface area contributed by atoms with Gasteiger partial charge in [-0.1, -0.05) is 13.8 Å². The van der Waals surface area contributed by atoms with Crippen LogP contribution in [0, 0.1) is 0 Å². The van der Waals surface area contributed by atoms with Crippen LogP contribution < -0.4 is 0 Å². The van der Waals surface area contributed by atoms with E-state index in [-0.39, 0.29) is 17.4 Å². The minimum atomic E-state index is -2.54. The first-order valence-electron chi connectivity index (χ1n) is 3.34. The molecule has 62 valence electrons. The van der Waals surface area contributed by atoms with E-state index >= 15 is 0 Å². The van der Waals surface area contributed by atoms with Crippen molar-refractivity contribution in [2.75, 3.05) is 0 Å². The number of hydrogen-bond acceptors (Lipinski definition) is 2. The molecule has 1 heterocycles. The number of hydrogen-bond donors (Lipinski definition) is 0. The first-order valence-corrected chi connectivity index (χ1v) is 3.34. The topological polar surface area (TPSA) is 26.0 Å². The molecule has 2 nitrogen and oxygen atoms in total. The molecule has 0 unspecified atom stereocenters. The van der Waals surface area contributed by atoms with Crippen LogP contribution in [0.2, 0.25) is 0 Å². The van der Waals surface area contributed by atoms with E-state index in [1.807, 2.05) is 0 Å². The predicted octanol–water partition coefficient (Wildman–Crippen LogP) is 2.74. The minimum absolute atomic E-state index is 0.0403. The van der Waals surface area contributed by atoms with Gasteiger partial charge in [-0.2, -0.15) is 0 Å². The third kappa shape index (κ3) is 1.56. The van der Waals surface area contributed by atoms with Gasteiger partial charge < -0.3 is 4.42 Å². The van der Waals surface area contributed by atoms with E-state index in [0.717, 1.165) is 6.39 Å². The van der Waals surface area contributed by atoms with Gasteiger partial charge >= 0.3 is 0 Å². The summed E-state index contributed by atoms with van der Waals surface area (Å²) in [5.74, 6) is 0.238. The SMILES string of the molecule is CC(C)c1ocnc1C(F)F. The Labute approximate surface area is 63.2 Å². The molecule has 0 saturated carbocycles. The Morgan fingerprint density at radius 2 is 2.09 bits per heavy atom. The van der Waals surface area contributed by atoms with Gasteiger partial charge in [0.25, 0.3) is 6.43 Å². The average Bonchev–Trinajstić information content (AvgIpc) is 2.32. The van der Waals surface area contributed by atoms with Crippen LogP contribution in [0.4, 0.5) is 8.78 Å². The second-order valence-electron chi connectivity index (χ2n) is 2.56. The summed E-state index contributed by atoms with van der Waals surface area (Å²) >= 11 is 0. The van der Waals surface area contributed by atoms with Gasteiger partial charge in [0.1, 0.15) is 11.5 Å². The van der Waals surface area contributed by atoms with E-state index in [1.54, 1.807) is 13.8 Å². The van der Waals surface area contributed by atoms with Crippen LogP contribution in [-0.4, -0.2) is 4.98 Å². The summed E-state index contributed by atoms with van der Waals surface area (Å²) in [4.78, 5) is 3.42. The molecular weight excluding hydrogens is 152 g/mol. The third-order valence-corrected chi connectivity index (χ3v) is 1.35. The molecule has 0 amide bonds. The van der Waals surface area contributed by atoms with Crippen LogP contribution in [-0.2, 0) is 0 Å². The monoisotopic (exact) mass is 161 g/mol. The lowest BCUT2D eigenvalue weighted by atomic mass is 10.1. The van der Waals surface area contributed by atoms with E-state index in [1.165, 1.54) is 0 Å². The van der Waals surface area contributed by atoms with Crippen molar-refractivity contribution in [1.29, 1.82) is 0 Å². The molecule has 0 saturated heterocycles. The molecule has 1 rings (SSSR count). The van der Waals surface area contributed by atoms with Crippen LogP contribution in [0.1, 0.15) is 37.6 Å². The lowest BCUT2D eigenvalue weighted by molar-refractivity contribution is 0.143. The normalized spacial score (nSPS) is 11.5. The summed E-state index contributed by atoms with van der Waals surface area (Å²) in [5, 5.41) is 0. The smallest absolute Gasteiger partial charge is 0.283 e. The molecule has 0 aliphatic rings. The third-order valence-electron chi connectivity index (χ3n) is 1.35. The number of nitrogens with zero attached hydrogens (tertiary/aromatic N) is 1. The number of rotatable bonds is 2. The van der Waals surface area contributed by atoms with Gasteiger partial charge in [0.15, 0.2) is 6.39 Å². The molecule has 0 N–H and O–H groups in total. The Morgan fingerprint density at radius 3 is 2.45 bits per heavy atom. The summed E-state index contributed by atoms with van der Waals surface area (Å²) < 4.78 is 29.0.